The van der Waals surface area contributed by atoms with E-state index < -0.39 is 0 Å². The summed E-state index contributed by atoms with van der Waals surface area (Å²) in [6.45, 7) is 0. The van der Waals surface area contributed by atoms with Gasteiger partial charge >= 0.3 is 5.97 Å². The molecule has 1 aliphatic rings. The number of nitrogens with zero attached hydrogens (tertiary/aromatic N) is 2. The molecule has 0 unspecified atom stereocenters. The van der Waals surface area contributed by atoms with E-state index in [1.54, 1.807) is 6.07 Å². The van der Waals surface area contributed by atoms with E-state index in [0.29, 0.717) is 41.0 Å². The summed E-state index contributed by atoms with van der Waals surface area (Å²) in [5.74, 6) is 1.38. The van der Waals surface area contributed by atoms with Crippen molar-refractivity contribution in [2.45, 2.75) is 36.8 Å². The Morgan fingerprint density at radius 1 is 1.09 bits per heavy atom. The highest BCUT2D eigenvalue weighted by Gasteiger charge is 2.25. The minimum absolute atomic E-state index is 0.235. The summed E-state index contributed by atoms with van der Waals surface area (Å²) in [4.78, 5) is 20.6. The molecule has 33 heavy (non-hydrogen) atoms. The van der Waals surface area contributed by atoms with Crippen LogP contribution in [-0.2, 0) is 9.53 Å². The zero-order chi connectivity index (χ0) is 22.8. The normalized spacial score (nSPS) is 13.4. The third-order valence-corrected chi connectivity index (χ3v) is 6.78. The highest BCUT2D eigenvalue weighted by molar-refractivity contribution is 7.99. The van der Waals surface area contributed by atoms with Gasteiger partial charge < -0.3 is 10.1 Å². The fraction of sp³-hybridized carbons (Fsp3) is 0.269. The average molecular weight is 462 g/mol. The zero-order valence-corrected chi connectivity index (χ0v) is 19.1. The molecule has 1 aromatic heterocycles. The van der Waals surface area contributed by atoms with Gasteiger partial charge in [-0.3, -0.25) is 4.79 Å². The van der Waals surface area contributed by atoms with Crippen LogP contribution in [0.4, 0.5) is 15.9 Å². The smallest absolute Gasteiger partial charge is 0.305 e. The predicted octanol–water partition coefficient (Wildman–Crippen LogP) is 6.59. The number of esters is 1. The van der Waals surface area contributed by atoms with E-state index in [1.807, 2.05) is 6.07 Å². The van der Waals surface area contributed by atoms with E-state index in [1.165, 1.54) is 54.8 Å². The lowest BCUT2D eigenvalue weighted by Gasteiger charge is -2.15. The molecular weight excluding hydrogens is 437 g/mol. The number of methoxy groups -OCH3 is 1. The Morgan fingerprint density at radius 2 is 1.91 bits per heavy atom. The van der Waals surface area contributed by atoms with Crippen LogP contribution in [0.25, 0.3) is 21.7 Å². The molecule has 5 nitrogen and oxygen atoms in total. The number of aromatic nitrogens is 2. The summed E-state index contributed by atoms with van der Waals surface area (Å²) in [7, 11) is 1.38. The lowest BCUT2D eigenvalue weighted by Crippen LogP contribution is -2.02. The van der Waals surface area contributed by atoms with Gasteiger partial charge in [0.05, 0.1) is 12.6 Å². The average Bonchev–Trinajstić information content (AvgIpc) is 3.67. The first kappa shape index (κ1) is 21.6. The second-order valence-electron chi connectivity index (χ2n) is 8.19. The quantitative estimate of drug-likeness (QED) is 0.138. The van der Waals surface area contributed by atoms with Gasteiger partial charge in [0, 0.05) is 34.7 Å². The minimum atomic E-state index is -0.340. The van der Waals surface area contributed by atoms with Crippen LogP contribution in [0, 0.1) is 5.82 Å². The summed E-state index contributed by atoms with van der Waals surface area (Å²) >= 11 is 1.44. The fourth-order valence-electron chi connectivity index (χ4n) is 4.03. The van der Waals surface area contributed by atoms with Crippen LogP contribution >= 0.6 is 11.8 Å². The van der Waals surface area contributed by atoms with E-state index in [-0.39, 0.29) is 11.8 Å². The molecule has 0 bridgehead atoms. The summed E-state index contributed by atoms with van der Waals surface area (Å²) in [6.07, 6.45) is 3.49. The molecule has 1 fully saturated rings. The third kappa shape index (κ3) is 4.78. The molecule has 7 heteroatoms. The molecule has 4 aromatic rings. The van der Waals surface area contributed by atoms with Crippen LogP contribution in [-0.4, -0.2) is 28.8 Å². The van der Waals surface area contributed by atoms with Crippen molar-refractivity contribution in [3.8, 4) is 0 Å². The van der Waals surface area contributed by atoms with E-state index in [2.05, 4.69) is 45.4 Å². The molecule has 0 spiro atoms. The standard InChI is InChI=1S/C26H24FN3O2S/c1-32-24(31)7-4-14-33-26-29-23-15-17(27)10-11-21(23)25(30-26)28-22-13-12-18(16-8-9-16)19-5-2-3-6-20(19)22/h2-3,5-6,10-13,15-16H,4,7-9,14H2,1H3,(H,28,29,30). The summed E-state index contributed by atoms with van der Waals surface area (Å²) < 4.78 is 18.6. The number of nitrogens with one attached hydrogen (secondary N) is 1. The third-order valence-electron chi connectivity index (χ3n) is 5.85. The summed E-state index contributed by atoms with van der Waals surface area (Å²) in [6, 6.07) is 17.3. The van der Waals surface area contributed by atoms with Crippen molar-refractivity contribution in [2.24, 2.45) is 0 Å². The van der Waals surface area contributed by atoms with Crippen LogP contribution in [0.3, 0.4) is 0 Å². The van der Waals surface area contributed by atoms with E-state index in [4.69, 9.17) is 4.98 Å². The molecule has 3 aromatic carbocycles. The first-order chi connectivity index (χ1) is 16.1. The number of thioether (sulfide) groups is 1. The van der Waals surface area contributed by atoms with Crippen molar-refractivity contribution in [2.75, 3.05) is 18.2 Å². The SMILES string of the molecule is COC(=O)CCCSc1nc(Nc2ccc(C3CC3)c3ccccc23)c2ccc(F)cc2n1. The van der Waals surface area contributed by atoms with Crippen molar-refractivity contribution in [1.29, 1.82) is 0 Å². The van der Waals surface area contributed by atoms with Crippen LogP contribution in [0.1, 0.15) is 37.2 Å². The molecule has 0 radical (unpaired) electrons. The Bertz CT molecular complexity index is 1340. The number of hydrogen-bond acceptors (Lipinski definition) is 6. The highest BCUT2D eigenvalue weighted by Crippen LogP contribution is 2.44. The van der Waals surface area contributed by atoms with Gasteiger partial charge in [-0.15, -0.1) is 0 Å². The van der Waals surface area contributed by atoms with Crippen molar-refractivity contribution in [1.82, 2.24) is 9.97 Å². The first-order valence-corrected chi connectivity index (χ1v) is 12.1. The number of fused-ring (bicyclic) bond motifs is 2. The molecule has 0 amide bonds. The van der Waals surface area contributed by atoms with Gasteiger partial charge in [-0.1, -0.05) is 42.1 Å². The van der Waals surface area contributed by atoms with Gasteiger partial charge in [-0.05, 0) is 54.3 Å². The lowest BCUT2D eigenvalue weighted by atomic mass is 9.99. The summed E-state index contributed by atoms with van der Waals surface area (Å²) in [5, 5.41) is 7.19. The Morgan fingerprint density at radius 3 is 2.70 bits per heavy atom. The molecule has 5 rings (SSSR count). The van der Waals surface area contributed by atoms with Gasteiger partial charge in [-0.25, -0.2) is 14.4 Å². The van der Waals surface area contributed by atoms with Gasteiger partial charge in [0.25, 0.3) is 0 Å². The van der Waals surface area contributed by atoms with Gasteiger partial charge in [0.2, 0.25) is 0 Å². The first-order valence-electron chi connectivity index (χ1n) is 11.1. The van der Waals surface area contributed by atoms with Gasteiger partial charge in [-0.2, -0.15) is 0 Å². The number of carbonyl (C=O) groups excluding carboxylic acids is 1. The maximum absolute atomic E-state index is 14.0. The molecular formula is C26H24FN3O2S. The number of benzene rings is 3. The Hall–Kier alpha value is -3.19. The van der Waals surface area contributed by atoms with E-state index in [0.717, 1.165) is 16.5 Å². The zero-order valence-electron chi connectivity index (χ0n) is 18.3. The van der Waals surface area contributed by atoms with Crippen LogP contribution < -0.4 is 5.32 Å². The number of rotatable bonds is 8. The molecule has 0 atom stereocenters. The van der Waals surface area contributed by atoms with Crippen LogP contribution in [0.15, 0.2) is 59.8 Å². The van der Waals surface area contributed by atoms with Crippen LogP contribution in [0.2, 0.25) is 0 Å². The topological polar surface area (TPSA) is 64.1 Å². The molecule has 0 saturated heterocycles. The van der Waals surface area contributed by atoms with Crippen molar-refractivity contribution in [3.05, 3.63) is 66.0 Å². The second-order valence-corrected chi connectivity index (χ2v) is 9.25. The maximum atomic E-state index is 14.0. The maximum Gasteiger partial charge on any atom is 0.305 e. The molecule has 1 saturated carbocycles. The van der Waals surface area contributed by atoms with Crippen molar-refractivity contribution in [3.63, 3.8) is 0 Å². The number of hydrogen-bond donors (Lipinski definition) is 1. The Balaban J connectivity index is 1.48. The van der Waals surface area contributed by atoms with Gasteiger partial charge in [0.15, 0.2) is 5.16 Å². The molecule has 1 N–H and O–H groups in total. The van der Waals surface area contributed by atoms with E-state index >= 15 is 0 Å². The predicted molar refractivity (Wildman–Crippen MR) is 131 cm³/mol. The minimum Gasteiger partial charge on any atom is -0.469 e. The number of halogens is 1. The molecule has 0 aliphatic heterocycles. The Labute approximate surface area is 195 Å². The monoisotopic (exact) mass is 461 g/mol. The van der Waals surface area contributed by atoms with E-state index in [9.17, 15) is 9.18 Å². The molecule has 168 valence electrons. The lowest BCUT2D eigenvalue weighted by molar-refractivity contribution is -0.140. The number of carbonyl (C=O) groups is 1. The number of anilines is 2. The Kier molecular flexibility index (Phi) is 6.13. The van der Waals surface area contributed by atoms with Crippen LogP contribution in [0.5, 0.6) is 0 Å². The fourth-order valence-corrected chi connectivity index (χ4v) is 4.82. The van der Waals surface area contributed by atoms with Crippen molar-refractivity contribution >= 4 is 50.9 Å². The molecule has 1 aliphatic carbocycles. The summed E-state index contributed by atoms with van der Waals surface area (Å²) in [5.41, 5.74) is 2.90. The van der Waals surface area contributed by atoms with Gasteiger partial charge in [0.1, 0.15) is 11.6 Å². The van der Waals surface area contributed by atoms with Crippen molar-refractivity contribution < 1.29 is 13.9 Å². The number of ether oxygens (including phenoxy) is 1. The molecule has 1 heterocycles. The second kappa shape index (κ2) is 9.35. The largest absolute Gasteiger partial charge is 0.469 e. The highest BCUT2D eigenvalue weighted by atomic mass is 32.2.